The van der Waals surface area contributed by atoms with E-state index in [1.807, 2.05) is 12.2 Å². The zero-order valence-corrected chi connectivity index (χ0v) is 16.1. The van der Waals surface area contributed by atoms with E-state index in [0.717, 1.165) is 37.5 Å². The summed E-state index contributed by atoms with van der Waals surface area (Å²) in [4.78, 5) is 11.9. The molecule has 0 heterocycles. The summed E-state index contributed by atoms with van der Waals surface area (Å²) < 4.78 is 5.19. The highest BCUT2D eigenvalue weighted by atomic mass is 16.5. The molecule has 1 N–H and O–H groups in total. The second-order valence-corrected chi connectivity index (χ2v) is 9.87. The lowest BCUT2D eigenvalue weighted by molar-refractivity contribution is -0.119. The van der Waals surface area contributed by atoms with E-state index in [2.05, 4.69) is 13.0 Å². The van der Waals surface area contributed by atoms with Gasteiger partial charge in [-0.25, -0.2) is 0 Å². The molecule has 0 aromatic heterocycles. The van der Waals surface area contributed by atoms with Gasteiger partial charge in [-0.3, -0.25) is 4.79 Å². The van der Waals surface area contributed by atoms with Crippen LogP contribution in [-0.4, -0.2) is 30.2 Å². The van der Waals surface area contributed by atoms with Gasteiger partial charge in [-0.2, -0.15) is 0 Å². The van der Waals surface area contributed by atoms with E-state index in [-0.39, 0.29) is 5.41 Å². The number of carbonyl (C=O) groups excluding carboxylic acids is 1. The Kier molecular flexibility index (Phi) is 3.82. The van der Waals surface area contributed by atoms with Gasteiger partial charge < -0.3 is 9.84 Å². The van der Waals surface area contributed by atoms with Gasteiger partial charge in [0.25, 0.3) is 0 Å². The Hall–Kier alpha value is -0.930. The van der Waals surface area contributed by atoms with E-state index in [1.54, 1.807) is 7.11 Å². The average molecular weight is 357 g/mol. The Morgan fingerprint density at radius 1 is 1.23 bits per heavy atom. The number of allylic oxidation sites excluding steroid dienone is 1. The molecule has 0 spiro atoms. The predicted molar refractivity (Wildman–Crippen MR) is 100 cm³/mol. The van der Waals surface area contributed by atoms with Gasteiger partial charge in [0.2, 0.25) is 0 Å². The molecule has 0 aromatic rings. The van der Waals surface area contributed by atoms with Crippen molar-refractivity contribution in [1.29, 1.82) is 0 Å². The third-order valence-electron chi connectivity index (χ3n) is 8.97. The molecule has 26 heavy (non-hydrogen) atoms. The quantitative estimate of drug-likeness (QED) is 0.780. The lowest BCUT2D eigenvalue weighted by Gasteiger charge is -2.56. The van der Waals surface area contributed by atoms with E-state index >= 15 is 0 Å². The van der Waals surface area contributed by atoms with Crippen LogP contribution in [0.15, 0.2) is 23.8 Å². The number of methoxy groups -OCH3 is 1. The zero-order chi connectivity index (χ0) is 18.1. The summed E-state index contributed by atoms with van der Waals surface area (Å²) in [5.41, 5.74) is 0.814. The largest absolute Gasteiger partial charge is 0.385 e. The summed E-state index contributed by atoms with van der Waals surface area (Å²) >= 11 is 0. The van der Waals surface area contributed by atoms with Gasteiger partial charge in [0.1, 0.15) is 0 Å². The minimum Gasteiger partial charge on any atom is -0.385 e. The highest BCUT2D eigenvalue weighted by Gasteiger charge is 2.74. The molecule has 3 heteroatoms. The van der Waals surface area contributed by atoms with Crippen molar-refractivity contribution in [3.8, 4) is 0 Å². The summed E-state index contributed by atoms with van der Waals surface area (Å²) in [6.45, 7) is 2.95. The molecule has 8 atom stereocenters. The van der Waals surface area contributed by atoms with Crippen LogP contribution >= 0.6 is 0 Å². The van der Waals surface area contributed by atoms with E-state index < -0.39 is 5.60 Å². The molecule has 6 unspecified atom stereocenters. The fourth-order valence-electron chi connectivity index (χ4n) is 7.86. The van der Waals surface area contributed by atoms with E-state index in [0.29, 0.717) is 36.1 Å². The Bertz CT molecular complexity index is 679. The van der Waals surface area contributed by atoms with Crippen LogP contribution in [0.3, 0.4) is 0 Å². The third-order valence-corrected chi connectivity index (χ3v) is 8.97. The van der Waals surface area contributed by atoms with Gasteiger partial charge in [-0.15, -0.1) is 0 Å². The molecule has 0 saturated heterocycles. The number of carbonyl (C=O) groups is 1. The number of hydrogen-bond donors (Lipinski definition) is 1. The van der Waals surface area contributed by atoms with Gasteiger partial charge in [0.05, 0.1) is 12.2 Å². The second kappa shape index (κ2) is 5.78. The number of ketones is 1. The Labute approximate surface area is 156 Å². The van der Waals surface area contributed by atoms with Crippen LogP contribution in [0.25, 0.3) is 0 Å². The normalized spacial score (nSPS) is 52.1. The van der Waals surface area contributed by atoms with E-state index in [1.165, 1.54) is 24.8 Å². The van der Waals surface area contributed by atoms with Crippen LogP contribution in [0.2, 0.25) is 0 Å². The smallest absolute Gasteiger partial charge is 0.155 e. The molecule has 0 aliphatic heterocycles. The molecular formula is C23H32O3. The van der Waals surface area contributed by atoms with Gasteiger partial charge in [-0.05, 0) is 80.1 Å². The standard InChI is InChI=1S/C23H32O3/c1-22-10-8-17-16-7-5-15(24)12-14(16)4-6-18(17)21(22)19-13-20(19)23(22,25)9-3-11-26-2/h3,9,12,16-21,25H,4-8,10-11,13H2,1-2H3/b9-3-/t16?,17?,18?,19-,20+,21?,22?,23?/m1/s1. The maximum Gasteiger partial charge on any atom is 0.155 e. The monoisotopic (exact) mass is 356 g/mol. The lowest BCUT2D eigenvalue weighted by atomic mass is 9.49. The molecule has 0 bridgehead atoms. The third kappa shape index (κ3) is 2.16. The molecule has 0 radical (unpaired) electrons. The van der Waals surface area contributed by atoms with Gasteiger partial charge in [0, 0.05) is 18.9 Å². The first-order valence-corrected chi connectivity index (χ1v) is 10.6. The average Bonchev–Trinajstić information content (AvgIpc) is 3.38. The summed E-state index contributed by atoms with van der Waals surface area (Å²) in [6.07, 6.45) is 13.8. The number of rotatable bonds is 3. The summed E-state index contributed by atoms with van der Waals surface area (Å²) in [5.74, 6) is 4.29. The van der Waals surface area contributed by atoms with Crippen LogP contribution in [0.1, 0.15) is 51.9 Å². The maximum absolute atomic E-state index is 11.9. The van der Waals surface area contributed by atoms with Crippen molar-refractivity contribution < 1.29 is 14.6 Å². The Morgan fingerprint density at radius 2 is 2.08 bits per heavy atom. The van der Waals surface area contributed by atoms with Crippen LogP contribution < -0.4 is 0 Å². The van der Waals surface area contributed by atoms with Gasteiger partial charge in [0.15, 0.2) is 5.78 Å². The van der Waals surface area contributed by atoms with Crippen LogP contribution in [0.5, 0.6) is 0 Å². The van der Waals surface area contributed by atoms with Crippen molar-refractivity contribution in [1.82, 2.24) is 0 Å². The first kappa shape index (κ1) is 17.2. The SMILES string of the molecule is COC/C=C\C1(O)[C@H]2C[C@H]2C2C3CCC4=CC(=O)CCC4C3CCC21C. The molecule has 5 aliphatic rings. The summed E-state index contributed by atoms with van der Waals surface area (Å²) in [7, 11) is 1.71. The van der Waals surface area contributed by atoms with Crippen molar-refractivity contribution in [3.63, 3.8) is 0 Å². The zero-order valence-electron chi connectivity index (χ0n) is 16.1. The summed E-state index contributed by atoms with van der Waals surface area (Å²) in [5, 5.41) is 11.7. The minimum atomic E-state index is -0.648. The fraction of sp³-hybridized carbons (Fsp3) is 0.783. The Morgan fingerprint density at radius 3 is 2.88 bits per heavy atom. The molecule has 142 valence electrons. The highest BCUT2D eigenvalue weighted by molar-refractivity contribution is 5.91. The number of fused-ring (bicyclic) bond motifs is 7. The first-order chi connectivity index (χ1) is 12.5. The minimum absolute atomic E-state index is 0.0116. The molecule has 4 fully saturated rings. The van der Waals surface area contributed by atoms with Gasteiger partial charge >= 0.3 is 0 Å². The van der Waals surface area contributed by atoms with Crippen LogP contribution in [-0.2, 0) is 9.53 Å². The predicted octanol–water partition coefficient (Wildman–Crippen LogP) is 3.92. The van der Waals surface area contributed by atoms with E-state index in [9.17, 15) is 9.90 Å². The van der Waals surface area contributed by atoms with Gasteiger partial charge in [-0.1, -0.05) is 24.6 Å². The molecule has 0 aromatic carbocycles. The summed E-state index contributed by atoms with van der Waals surface area (Å²) in [6, 6.07) is 0. The molecule has 4 saturated carbocycles. The molecular weight excluding hydrogens is 324 g/mol. The maximum atomic E-state index is 11.9. The molecule has 0 amide bonds. The number of ether oxygens (including phenoxy) is 1. The topological polar surface area (TPSA) is 46.5 Å². The van der Waals surface area contributed by atoms with Crippen molar-refractivity contribution in [2.75, 3.05) is 13.7 Å². The molecule has 3 nitrogen and oxygen atoms in total. The van der Waals surface area contributed by atoms with Crippen LogP contribution in [0.4, 0.5) is 0 Å². The highest BCUT2D eigenvalue weighted by Crippen LogP contribution is 2.76. The first-order valence-electron chi connectivity index (χ1n) is 10.6. The molecule has 5 rings (SSSR count). The number of aliphatic hydroxyl groups is 1. The van der Waals surface area contributed by atoms with E-state index in [4.69, 9.17) is 4.74 Å². The van der Waals surface area contributed by atoms with Crippen molar-refractivity contribution in [3.05, 3.63) is 23.8 Å². The number of hydrogen-bond acceptors (Lipinski definition) is 3. The van der Waals surface area contributed by atoms with Crippen molar-refractivity contribution >= 4 is 5.78 Å². The van der Waals surface area contributed by atoms with Crippen molar-refractivity contribution in [2.24, 2.45) is 40.9 Å². The fourth-order valence-corrected chi connectivity index (χ4v) is 7.86. The second-order valence-electron chi connectivity index (χ2n) is 9.87. The Balaban J connectivity index is 1.45. The van der Waals surface area contributed by atoms with Crippen molar-refractivity contribution in [2.45, 2.75) is 57.5 Å². The molecule has 5 aliphatic carbocycles. The lowest BCUT2D eigenvalue weighted by Crippen LogP contribution is -2.54. The van der Waals surface area contributed by atoms with Crippen LogP contribution in [0, 0.1) is 40.9 Å².